The van der Waals surface area contributed by atoms with Gasteiger partial charge in [0.15, 0.2) is 5.15 Å². The fraction of sp³-hybridized carbons (Fsp3) is 0.286. The van der Waals surface area contributed by atoms with Crippen LogP contribution in [-0.2, 0) is 6.42 Å². The van der Waals surface area contributed by atoms with E-state index in [0.717, 1.165) is 36.6 Å². The van der Waals surface area contributed by atoms with Crippen LogP contribution in [0.3, 0.4) is 0 Å². The van der Waals surface area contributed by atoms with Crippen LogP contribution in [0.15, 0.2) is 24.3 Å². The molecule has 3 N–H and O–H groups in total. The topological polar surface area (TPSA) is 65.5 Å². The first-order valence-corrected chi connectivity index (χ1v) is 6.85. The molecular weight excluding hydrogens is 276 g/mol. The first-order chi connectivity index (χ1) is 9.67. The number of nitrogens with two attached hydrogens (primary N) is 1. The highest BCUT2D eigenvalue weighted by atomic mass is 35.5. The molecule has 0 atom stereocenters. The Bertz CT molecular complexity index is 627. The molecule has 1 aliphatic rings. The van der Waals surface area contributed by atoms with Crippen molar-refractivity contribution in [3.05, 3.63) is 35.0 Å². The molecule has 0 radical (unpaired) electrons. The Morgan fingerprint density at radius 3 is 3.00 bits per heavy atom. The lowest BCUT2D eigenvalue weighted by Crippen LogP contribution is -2.31. The van der Waals surface area contributed by atoms with Crippen molar-refractivity contribution in [3.63, 3.8) is 0 Å². The maximum Gasteiger partial charge on any atom is 0.343 e. The van der Waals surface area contributed by atoms with Gasteiger partial charge in [-0.05, 0) is 48.2 Å². The van der Waals surface area contributed by atoms with E-state index in [1.54, 1.807) is 13.2 Å². The number of aryl methyl sites for hydroxylation is 1. The van der Waals surface area contributed by atoms with Gasteiger partial charge in [-0.2, -0.15) is 0 Å². The van der Waals surface area contributed by atoms with Crippen LogP contribution in [0.25, 0.3) is 0 Å². The molecule has 3 rings (SSSR count). The maximum atomic E-state index is 5.99. The SMILES string of the molecule is COc1ccc2c(c1)CCCN2c1cc(Cl)nc(N)[nH+]1. The first kappa shape index (κ1) is 13.0. The second-order valence-electron chi connectivity index (χ2n) is 4.72. The number of methoxy groups -OCH3 is 1. The van der Waals surface area contributed by atoms with Gasteiger partial charge >= 0.3 is 5.95 Å². The van der Waals surface area contributed by atoms with Crippen LogP contribution in [-0.4, -0.2) is 18.6 Å². The van der Waals surface area contributed by atoms with Gasteiger partial charge in [0.1, 0.15) is 5.75 Å². The Labute approximate surface area is 122 Å². The predicted molar refractivity (Wildman–Crippen MR) is 78.5 cm³/mol. The molecule has 0 amide bonds. The zero-order valence-corrected chi connectivity index (χ0v) is 11.9. The van der Waals surface area contributed by atoms with E-state index >= 15 is 0 Å². The van der Waals surface area contributed by atoms with Crippen molar-refractivity contribution in [2.24, 2.45) is 0 Å². The summed E-state index contributed by atoms with van der Waals surface area (Å²) < 4.78 is 5.28. The van der Waals surface area contributed by atoms with Gasteiger partial charge < -0.3 is 10.5 Å². The summed E-state index contributed by atoms with van der Waals surface area (Å²) in [6.07, 6.45) is 2.10. The molecule has 0 fully saturated rings. The Balaban J connectivity index is 2.05. The molecule has 1 aromatic heterocycles. The molecule has 2 aromatic rings. The first-order valence-electron chi connectivity index (χ1n) is 6.47. The van der Waals surface area contributed by atoms with Gasteiger partial charge in [-0.25, -0.2) is 4.98 Å². The standard InChI is InChI=1S/C14H15ClN4O/c1-20-10-4-5-11-9(7-10)3-2-6-19(11)13-8-12(15)17-14(16)18-13/h4-5,7-8H,2-3,6H2,1H3,(H2,16,17,18)/p+1. The van der Waals surface area contributed by atoms with Crippen LogP contribution in [0.2, 0.25) is 5.15 Å². The number of aromatic amines is 1. The van der Waals surface area contributed by atoms with Gasteiger partial charge in [0.25, 0.3) is 0 Å². The average Bonchev–Trinajstić information content (AvgIpc) is 2.45. The van der Waals surface area contributed by atoms with Gasteiger partial charge in [-0.3, -0.25) is 4.90 Å². The number of rotatable bonds is 2. The van der Waals surface area contributed by atoms with Crippen LogP contribution in [0.1, 0.15) is 12.0 Å². The number of anilines is 3. The number of nitrogens with zero attached hydrogens (tertiary/aromatic N) is 2. The molecule has 104 valence electrons. The number of ether oxygens (including phenoxy) is 1. The van der Waals surface area contributed by atoms with Crippen LogP contribution in [0.5, 0.6) is 5.75 Å². The lowest BCUT2D eigenvalue weighted by molar-refractivity contribution is -0.349. The summed E-state index contributed by atoms with van der Waals surface area (Å²) in [4.78, 5) is 9.19. The molecule has 20 heavy (non-hydrogen) atoms. The fourth-order valence-corrected chi connectivity index (χ4v) is 2.75. The summed E-state index contributed by atoms with van der Waals surface area (Å²) in [7, 11) is 1.68. The van der Waals surface area contributed by atoms with Gasteiger partial charge in [-0.1, -0.05) is 4.98 Å². The zero-order chi connectivity index (χ0) is 14.1. The molecule has 2 heterocycles. The summed E-state index contributed by atoms with van der Waals surface area (Å²) in [5.41, 5.74) is 8.14. The van der Waals surface area contributed by atoms with Crippen molar-refractivity contribution in [1.29, 1.82) is 0 Å². The number of nitrogens with one attached hydrogen (secondary N) is 1. The maximum absolute atomic E-state index is 5.99. The molecule has 0 spiro atoms. The van der Waals surface area contributed by atoms with Crippen molar-refractivity contribution in [3.8, 4) is 5.75 Å². The van der Waals surface area contributed by atoms with E-state index in [2.05, 4.69) is 27.0 Å². The molecule has 6 heteroatoms. The fourth-order valence-electron chi connectivity index (χ4n) is 2.55. The number of benzene rings is 1. The van der Waals surface area contributed by atoms with Crippen LogP contribution in [0.4, 0.5) is 17.5 Å². The van der Waals surface area contributed by atoms with Gasteiger partial charge in [0.2, 0.25) is 5.82 Å². The Morgan fingerprint density at radius 1 is 1.40 bits per heavy atom. The predicted octanol–water partition coefficient (Wildman–Crippen LogP) is 2.22. The summed E-state index contributed by atoms with van der Waals surface area (Å²) in [5.74, 6) is 2.05. The number of halogens is 1. The molecule has 1 aromatic carbocycles. The van der Waals surface area contributed by atoms with E-state index in [1.807, 2.05) is 6.07 Å². The minimum atomic E-state index is 0.313. The highest BCUT2D eigenvalue weighted by Crippen LogP contribution is 2.34. The van der Waals surface area contributed by atoms with E-state index in [1.165, 1.54) is 5.56 Å². The summed E-state index contributed by atoms with van der Waals surface area (Å²) in [5, 5.41) is 0.386. The van der Waals surface area contributed by atoms with Crippen LogP contribution >= 0.6 is 11.6 Å². The molecule has 0 saturated carbocycles. The molecular formula is C14H16ClN4O+. The second-order valence-corrected chi connectivity index (χ2v) is 5.11. The number of hydrogen-bond acceptors (Lipinski definition) is 4. The van der Waals surface area contributed by atoms with Gasteiger partial charge in [0, 0.05) is 0 Å². The van der Waals surface area contributed by atoms with Crippen molar-refractivity contribution >= 4 is 29.1 Å². The minimum Gasteiger partial charge on any atom is -0.497 e. The molecule has 0 bridgehead atoms. The number of H-pyrrole nitrogens is 1. The monoisotopic (exact) mass is 291 g/mol. The Kier molecular flexibility index (Phi) is 3.36. The smallest absolute Gasteiger partial charge is 0.343 e. The number of hydrogen-bond donors (Lipinski definition) is 1. The van der Waals surface area contributed by atoms with E-state index in [4.69, 9.17) is 22.1 Å². The van der Waals surface area contributed by atoms with Crippen LogP contribution < -0.4 is 20.4 Å². The van der Waals surface area contributed by atoms with Crippen molar-refractivity contribution in [1.82, 2.24) is 4.98 Å². The average molecular weight is 292 g/mol. The third-order valence-corrected chi connectivity index (χ3v) is 3.63. The van der Waals surface area contributed by atoms with Crippen molar-refractivity contribution in [2.45, 2.75) is 12.8 Å². The Morgan fingerprint density at radius 2 is 2.25 bits per heavy atom. The second kappa shape index (κ2) is 5.17. The molecule has 0 saturated heterocycles. The highest BCUT2D eigenvalue weighted by Gasteiger charge is 2.23. The third kappa shape index (κ3) is 2.36. The highest BCUT2D eigenvalue weighted by molar-refractivity contribution is 6.29. The summed E-state index contributed by atoms with van der Waals surface area (Å²) in [6.45, 7) is 0.912. The lowest BCUT2D eigenvalue weighted by Gasteiger charge is -2.27. The molecule has 5 nitrogen and oxygen atoms in total. The van der Waals surface area contributed by atoms with Crippen molar-refractivity contribution in [2.75, 3.05) is 24.3 Å². The van der Waals surface area contributed by atoms with E-state index in [0.29, 0.717) is 11.1 Å². The van der Waals surface area contributed by atoms with Gasteiger partial charge in [0.05, 0.1) is 25.4 Å². The quantitative estimate of drug-likeness (QED) is 0.862. The molecule has 0 aliphatic carbocycles. The van der Waals surface area contributed by atoms with E-state index in [9.17, 15) is 0 Å². The van der Waals surface area contributed by atoms with E-state index < -0.39 is 0 Å². The zero-order valence-electron chi connectivity index (χ0n) is 11.2. The third-order valence-electron chi connectivity index (χ3n) is 3.44. The number of fused-ring (bicyclic) bond motifs is 1. The largest absolute Gasteiger partial charge is 0.497 e. The summed E-state index contributed by atoms with van der Waals surface area (Å²) >= 11 is 5.99. The van der Waals surface area contributed by atoms with Crippen LogP contribution in [0, 0.1) is 0 Å². The minimum absolute atomic E-state index is 0.313. The molecule has 0 unspecified atom stereocenters. The lowest BCUT2D eigenvalue weighted by atomic mass is 10.0. The summed E-state index contributed by atoms with van der Waals surface area (Å²) in [6, 6.07) is 7.89. The van der Waals surface area contributed by atoms with Crippen molar-refractivity contribution < 1.29 is 9.72 Å². The number of aromatic nitrogens is 2. The normalized spacial score (nSPS) is 14.0. The Hall–Kier alpha value is -2.01. The number of nitrogen functional groups attached to an aromatic ring is 1. The van der Waals surface area contributed by atoms with E-state index in [-0.39, 0.29) is 0 Å². The van der Waals surface area contributed by atoms with Gasteiger partial charge in [-0.15, -0.1) is 0 Å². The molecule has 1 aliphatic heterocycles.